The third-order valence-electron chi connectivity index (χ3n) is 5.73. The van der Waals surface area contributed by atoms with E-state index < -0.39 is 11.1 Å². The van der Waals surface area contributed by atoms with E-state index in [4.69, 9.17) is 4.74 Å². The van der Waals surface area contributed by atoms with Gasteiger partial charge in [-0.15, -0.1) is 0 Å². The smallest absolute Gasteiger partial charge is 0.274 e. The standard InChI is InChI=1S/C21H26N4O3/c1-15-5-4-6-17(11-15)12-28-21(8-9-21)20(22-16(2)26)13-25(14-20)19(27)18-7-10-24(3)23-18/h4-7,10-11H,8-9,12-14H2,1-3H3,(H,22,26). The fourth-order valence-corrected chi connectivity index (χ4v) is 4.16. The van der Waals surface area contributed by atoms with Crippen LogP contribution in [0.5, 0.6) is 0 Å². The number of ether oxygens (including phenoxy) is 1. The maximum atomic E-state index is 12.7. The summed E-state index contributed by atoms with van der Waals surface area (Å²) in [5.41, 5.74) is 1.78. The van der Waals surface area contributed by atoms with Crippen LogP contribution in [-0.4, -0.2) is 50.7 Å². The minimum atomic E-state index is -0.535. The largest absolute Gasteiger partial charge is 0.368 e. The minimum Gasteiger partial charge on any atom is -0.368 e. The van der Waals surface area contributed by atoms with E-state index in [9.17, 15) is 9.59 Å². The molecule has 0 radical (unpaired) electrons. The molecule has 1 aromatic heterocycles. The van der Waals surface area contributed by atoms with Crippen LogP contribution >= 0.6 is 0 Å². The Morgan fingerprint density at radius 1 is 1.25 bits per heavy atom. The van der Waals surface area contributed by atoms with Gasteiger partial charge in [-0.2, -0.15) is 5.10 Å². The zero-order chi connectivity index (χ0) is 19.9. The van der Waals surface area contributed by atoms with E-state index in [-0.39, 0.29) is 11.8 Å². The maximum absolute atomic E-state index is 12.7. The Morgan fingerprint density at radius 3 is 2.57 bits per heavy atom. The van der Waals surface area contributed by atoms with Crippen LogP contribution in [0.4, 0.5) is 0 Å². The highest BCUT2D eigenvalue weighted by Gasteiger charge is 2.67. The normalized spacial score (nSPS) is 19.0. The first-order valence-electron chi connectivity index (χ1n) is 9.60. The molecule has 1 aliphatic heterocycles. The van der Waals surface area contributed by atoms with Gasteiger partial charge in [-0.05, 0) is 31.4 Å². The number of hydrogen-bond donors (Lipinski definition) is 1. The Balaban J connectivity index is 1.47. The Labute approximate surface area is 164 Å². The number of benzene rings is 1. The predicted octanol–water partition coefficient (Wildman–Crippen LogP) is 1.81. The molecular weight excluding hydrogens is 356 g/mol. The van der Waals surface area contributed by atoms with E-state index in [1.54, 1.807) is 28.9 Å². The van der Waals surface area contributed by atoms with E-state index >= 15 is 0 Å². The first kappa shape index (κ1) is 18.7. The molecule has 0 unspecified atom stereocenters. The second-order valence-electron chi connectivity index (χ2n) is 8.07. The summed E-state index contributed by atoms with van der Waals surface area (Å²) >= 11 is 0. The van der Waals surface area contributed by atoms with Crippen molar-refractivity contribution in [1.82, 2.24) is 20.0 Å². The lowest BCUT2D eigenvalue weighted by molar-refractivity contribution is -0.135. The molecule has 1 saturated carbocycles. The second kappa shape index (κ2) is 6.74. The van der Waals surface area contributed by atoms with Gasteiger partial charge >= 0.3 is 0 Å². The van der Waals surface area contributed by atoms with Crippen LogP contribution in [0.3, 0.4) is 0 Å². The van der Waals surface area contributed by atoms with E-state index in [0.717, 1.165) is 18.4 Å². The van der Waals surface area contributed by atoms with E-state index in [0.29, 0.717) is 25.4 Å². The number of carbonyl (C=O) groups is 2. The van der Waals surface area contributed by atoms with Crippen molar-refractivity contribution in [3.63, 3.8) is 0 Å². The van der Waals surface area contributed by atoms with Gasteiger partial charge in [0.15, 0.2) is 0 Å². The van der Waals surface area contributed by atoms with Crippen LogP contribution in [-0.2, 0) is 23.2 Å². The summed E-state index contributed by atoms with van der Waals surface area (Å²) in [7, 11) is 1.78. The molecule has 7 nitrogen and oxygen atoms in total. The van der Waals surface area contributed by atoms with Gasteiger partial charge in [-0.25, -0.2) is 0 Å². The Hall–Kier alpha value is -2.67. The quantitative estimate of drug-likeness (QED) is 0.827. The van der Waals surface area contributed by atoms with Crippen molar-refractivity contribution in [1.29, 1.82) is 0 Å². The highest BCUT2D eigenvalue weighted by molar-refractivity contribution is 5.93. The molecule has 1 N–H and O–H groups in total. The molecule has 2 amide bonds. The Kier molecular flexibility index (Phi) is 4.50. The molecule has 0 bridgehead atoms. The van der Waals surface area contributed by atoms with Crippen LogP contribution in [0.25, 0.3) is 0 Å². The molecule has 1 aliphatic carbocycles. The predicted molar refractivity (Wildman–Crippen MR) is 104 cm³/mol. The first-order valence-corrected chi connectivity index (χ1v) is 9.60. The average Bonchev–Trinajstić information content (AvgIpc) is 3.29. The van der Waals surface area contributed by atoms with Gasteiger partial charge in [0.25, 0.3) is 5.91 Å². The van der Waals surface area contributed by atoms with Gasteiger partial charge in [0.05, 0.1) is 12.2 Å². The molecule has 2 heterocycles. The molecule has 4 rings (SSSR count). The first-order chi connectivity index (χ1) is 13.3. The summed E-state index contributed by atoms with van der Waals surface area (Å²) in [6.45, 7) is 4.95. The van der Waals surface area contributed by atoms with E-state index in [1.165, 1.54) is 12.5 Å². The zero-order valence-electron chi connectivity index (χ0n) is 16.6. The van der Waals surface area contributed by atoms with Crippen molar-refractivity contribution in [3.8, 4) is 0 Å². The van der Waals surface area contributed by atoms with Gasteiger partial charge < -0.3 is 15.0 Å². The maximum Gasteiger partial charge on any atom is 0.274 e. The van der Waals surface area contributed by atoms with E-state index in [2.05, 4.69) is 29.5 Å². The van der Waals surface area contributed by atoms with Crippen molar-refractivity contribution in [2.75, 3.05) is 13.1 Å². The van der Waals surface area contributed by atoms with Crippen molar-refractivity contribution in [2.45, 2.75) is 44.4 Å². The van der Waals surface area contributed by atoms with Crippen molar-refractivity contribution < 1.29 is 14.3 Å². The Morgan fingerprint density at radius 2 is 2.00 bits per heavy atom. The number of hydrogen-bond acceptors (Lipinski definition) is 4. The second-order valence-corrected chi connectivity index (χ2v) is 8.07. The van der Waals surface area contributed by atoms with Crippen LogP contribution < -0.4 is 5.32 Å². The third kappa shape index (κ3) is 3.30. The number of carbonyl (C=O) groups excluding carboxylic acids is 2. The summed E-state index contributed by atoms with van der Waals surface area (Å²) in [6, 6.07) is 9.95. The molecule has 0 spiro atoms. The molecule has 28 heavy (non-hydrogen) atoms. The number of likely N-dealkylation sites (tertiary alicyclic amines) is 1. The number of rotatable bonds is 6. The third-order valence-corrected chi connectivity index (χ3v) is 5.73. The van der Waals surface area contributed by atoms with Crippen LogP contribution in [0.2, 0.25) is 0 Å². The Bertz CT molecular complexity index is 910. The summed E-state index contributed by atoms with van der Waals surface area (Å²) in [5, 5.41) is 7.29. The van der Waals surface area contributed by atoms with Crippen molar-refractivity contribution in [3.05, 3.63) is 53.3 Å². The van der Waals surface area contributed by atoms with E-state index in [1.807, 2.05) is 12.1 Å². The van der Waals surface area contributed by atoms with Gasteiger partial charge in [0.2, 0.25) is 5.91 Å². The monoisotopic (exact) mass is 382 g/mol. The lowest BCUT2D eigenvalue weighted by Crippen LogP contribution is -2.77. The number of aromatic nitrogens is 2. The van der Waals surface area contributed by atoms with Gasteiger partial charge in [0.1, 0.15) is 11.2 Å². The van der Waals surface area contributed by atoms with Crippen molar-refractivity contribution in [2.24, 2.45) is 7.05 Å². The number of aryl methyl sites for hydroxylation is 2. The molecule has 2 aromatic rings. The van der Waals surface area contributed by atoms with Crippen molar-refractivity contribution >= 4 is 11.8 Å². The molecule has 7 heteroatoms. The summed E-state index contributed by atoms with van der Waals surface area (Å²) in [5.74, 6) is -0.216. The topological polar surface area (TPSA) is 76.5 Å². The van der Waals surface area contributed by atoms with Gasteiger partial charge in [0, 0.05) is 33.3 Å². The van der Waals surface area contributed by atoms with Crippen LogP contribution in [0, 0.1) is 6.92 Å². The SMILES string of the molecule is CC(=O)NC1(C2(OCc3cccc(C)c3)CC2)CN(C(=O)c2ccn(C)n2)C1. The van der Waals surface area contributed by atoms with Crippen LogP contribution in [0.1, 0.15) is 41.4 Å². The number of amides is 2. The highest BCUT2D eigenvalue weighted by atomic mass is 16.5. The number of nitrogens with one attached hydrogen (secondary N) is 1. The molecule has 1 saturated heterocycles. The molecule has 148 valence electrons. The summed E-state index contributed by atoms with van der Waals surface area (Å²) < 4.78 is 7.97. The van der Waals surface area contributed by atoms with Gasteiger partial charge in [-0.1, -0.05) is 29.8 Å². The lowest BCUT2D eigenvalue weighted by atomic mass is 9.81. The summed E-state index contributed by atoms with van der Waals surface area (Å²) in [4.78, 5) is 26.3. The summed E-state index contributed by atoms with van der Waals surface area (Å²) in [6.07, 6.45) is 3.51. The lowest BCUT2D eigenvalue weighted by Gasteiger charge is -2.54. The fraction of sp³-hybridized carbons (Fsp3) is 0.476. The molecule has 2 fully saturated rings. The van der Waals surface area contributed by atoms with Crippen LogP contribution in [0.15, 0.2) is 36.5 Å². The fourth-order valence-electron chi connectivity index (χ4n) is 4.16. The molecular formula is C21H26N4O3. The molecule has 0 atom stereocenters. The molecule has 2 aliphatic rings. The van der Waals surface area contributed by atoms with Gasteiger partial charge in [-0.3, -0.25) is 14.3 Å². The minimum absolute atomic E-state index is 0.102. The number of nitrogens with zero attached hydrogens (tertiary/aromatic N) is 3. The zero-order valence-corrected chi connectivity index (χ0v) is 16.6. The molecule has 1 aromatic carbocycles. The average molecular weight is 382 g/mol. The highest BCUT2D eigenvalue weighted by Crippen LogP contribution is 2.52.